The number of thioether (sulfide) groups is 1. The number of rotatable bonds is 3. The third-order valence-electron chi connectivity index (χ3n) is 2.82. The first-order chi connectivity index (χ1) is 10.1. The lowest BCUT2D eigenvalue weighted by Crippen LogP contribution is -2.15. The van der Waals surface area contributed by atoms with Crippen LogP contribution in [0.1, 0.15) is 5.69 Å². The van der Waals surface area contributed by atoms with Crippen molar-refractivity contribution in [2.45, 2.75) is 10.6 Å². The zero-order chi connectivity index (χ0) is 14.8. The van der Waals surface area contributed by atoms with E-state index < -0.39 is 0 Å². The lowest BCUT2D eigenvalue weighted by atomic mass is 10.4. The Kier molecular flexibility index (Phi) is 3.81. The molecular formula is C14H11ClN4OS. The summed E-state index contributed by atoms with van der Waals surface area (Å²) in [6, 6.07) is 8.58. The molecule has 0 aliphatic carbocycles. The zero-order valence-electron chi connectivity index (χ0n) is 10.9. The molecule has 3 heterocycles. The van der Waals surface area contributed by atoms with Gasteiger partial charge in [-0.3, -0.25) is 9.20 Å². The number of nitrogens with zero attached hydrogens (tertiary/aromatic N) is 3. The van der Waals surface area contributed by atoms with Crippen molar-refractivity contribution in [3.05, 3.63) is 63.8 Å². The third kappa shape index (κ3) is 3.17. The van der Waals surface area contributed by atoms with Gasteiger partial charge >= 0.3 is 0 Å². The van der Waals surface area contributed by atoms with Gasteiger partial charge in [-0.05, 0) is 24.3 Å². The third-order valence-corrected chi connectivity index (χ3v) is 4.06. The number of halogens is 1. The minimum absolute atomic E-state index is 0.145. The number of nitrogens with two attached hydrogens (primary N) is 1. The van der Waals surface area contributed by atoms with E-state index >= 15 is 0 Å². The van der Waals surface area contributed by atoms with E-state index in [0.717, 1.165) is 4.90 Å². The molecule has 3 aromatic heterocycles. The SMILES string of the molecule is Nc1ccc(SCc2cc(=O)n3cc(Cl)ccc3n2)cn1. The maximum Gasteiger partial charge on any atom is 0.258 e. The summed E-state index contributed by atoms with van der Waals surface area (Å²) in [4.78, 5) is 21.5. The topological polar surface area (TPSA) is 73.3 Å². The van der Waals surface area contributed by atoms with Gasteiger partial charge in [-0.15, -0.1) is 11.8 Å². The Balaban J connectivity index is 1.86. The van der Waals surface area contributed by atoms with E-state index in [4.69, 9.17) is 17.3 Å². The summed E-state index contributed by atoms with van der Waals surface area (Å²) < 4.78 is 1.43. The molecular weight excluding hydrogens is 308 g/mol. The molecule has 0 bridgehead atoms. The van der Waals surface area contributed by atoms with Crippen LogP contribution in [0.3, 0.4) is 0 Å². The quantitative estimate of drug-likeness (QED) is 0.751. The fourth-order valence-electron chi connectivity index (χ4n) is 1.83. The highest BCUT2D eigenvalue weighted by molar-refractivity contribution is 7.98. The second kappa shape index (κ2) is 5.75. The molecule has 0 aliphatic rings. The molecule has 0 radical (unpaired) electrons. The Morgan fingerprint density at radius 3 is 2.90 bits per heavy atom. The van der Waals surface area contributed by atoms with Gasteiger partial charge in [0, 0.05) is 29.1 Å². The van der Waals surface area contributed by atoms with Crippen LogP contribution in [0.15, 0.2) is 52.4 Å². The molecule has 0 atom stereocenters. The molecule has 0 unspecified atom stereocenters. The molecule has 7 heteroatoms. The Morgan fingerprint density at radius 2 is 2.14 bits per heavy atom. The predicted octanol–water partition coefficient (Wildman–Crippen LogP) is 2.62. The van der Waals surface area contributed by atoms with Crippen LogP contribution in [0.5, 0.6) is 0 Å². The first-order valence-electron chi connectivity index (χ1n) is 6.14. The summed E-state index contributed by atoms with van der Waals surface area (Å²) in [6.45, 7) is 0. The average molecular weight is 319 g/mol. The standard InChI is InChI=1S/C14H11ClN4OS/c15-9-1-4-13-18-10(5-14(20)19(13)7-9)8-21-11-2-3-12(16)17-6-11/h1-7H,8H2,(H2,16,17). The molecule has 0 saturated carbocycles. The van der Waals surface area contributed by atoms with Crippen LogP contribution in [0.25, 0.3) is 5.65 Å². The summed E-state index contributed by atoms with van der Waals surface area (Å²) in [5.41, 5.74) is 6.69. The normalized spacial score (nSPS) is 10.9. The number of hydrogen-bond donors (Lipinski definition) is 1. The molecule has 2 N–H and O–H groups in total. The highest BCUT2D eigenvalue weighted by atomic mass is 35.5. The van der Waals surface area contributed by atoms with Crippen LogP contribution in [0.4, 0.5) is 5.82 Å². The Hall–Kier alpha value is -2.05. The van der Waals surface area contributed by atoms with Gasteiger partial charge in [0.25, 0.3) is 5.56 Å². The van der Waals surface area contributed by atoms with E-state index in [0.29, 0.717) is 27.9 Å². The second-order valence-corrected chi connectivity index (χ2v) is 5.85. The number of anilines is 1. The molecule has 0 saturated heterocycles. The Bertz CT molecular complexity index is 848. The predicted molar refractivity (Wildman–Crippen MR) is 84.7 cm³/mol. The fourth-order valence-corrected chi connectivity index (χ4v) is 2.75. The van der Waals surface area contributed by atoms with E-state index in [2.05, 4.69) is 9.97 Å². The molecule has 3 rings (SSSR count). The van der Waals surface area contributed by atoms with Gasteiger partial charge in [0.05, 0.1) is 10.7 Å². The van der Waals surface area contributed by atoms with Crippen LogP contribution < -0.4 is 11.3 Å². The van der Waals surface area contributed by atoms with Crippen LogP contribution in [0, 0.1) is 0 Å². The minimum Gasteiger partial charge on any atom is -0.384 e. The van der Waals surface area contributed by atoms with Gasteiger partial charge in [0.2, 0.25) is 0 Å². The van der Waals surface area contributed by atoms with Crippen LogP contribution in [-0.4, -0.2) is 14.4 Å². The summed E-state index contributed by atoms with van der Waals surface area (Å²) >= 11 is 7.42. The molecule has 0 aliphatic heterocycles. The van der Waals surface area contributed by atoms with Crippen molar-refractivity contribution in [2.24, 2.45) is 0 Å². The number of nitrogen functional groups attached to an aromatic ring is 1. The average Bonchev–Trinajstić information content (AvgIpc) is 2.47. The van der Waals surface area contributed by atoms with Gasteiger partial charge in [0.15, 0.2) is 0 Å². The van der Waals surface area contributed by atoms with Crippen LogP contribution in [-0.2, 0) is 5.75 Å². The summed E-state index contributed by atoms with van der Waals surface area (Å²) in [5.74, 6) is 1.07. The lowest BCUT2D eigenvalue weighted by Gasteiger charge is -2.04. The summed E-state index contributed by atoms with van der Waals surface area (Å²) in [7, 11) is 0. The first kappa shape index (κ1) is 13.9. The second-order valence-electron chi connectivity index (χ2n) is 4.37. The van der Waals surface area contributed by atoms with E-state index in [1.165, 1.54) is 10.5 Å². The molecule has 0 aromatic carbocycles. The highest BCUT2D eigenvalue weighted by Crippen LogP contribution is 2.21. The van der Waals surface area contributed by atoms with Crippen molar-refractivity contribution in [1.29, 1.82) is 0 Å². The number of fused-ring (bicyclic) bond motifs is 1. The van der Waals surface area contributed by atoms with Crippen LogP contribution in [0.2, 0.25) is 5.02 Å². The molecule has 21 heavy (non-hydrogen) atoms. The van der Waals surface area contributed by atoms with E-state index in [9.17, 15) is 4.79 Å². The smallest absolute Gasteiger partial charge is 0.258 e. The monoisotopic (exact) mass is 318 g/mol. The highest BCUT2D eigenvalue weighted by Gasteiger charge is 2.04. The maximum absolute atomic E-state index is 12.0. The lowest BCUT2D eigenvalue weighted by molar-refractivity contribution is 1.01. The summed E-state index contributed by atoms with van der Waals surface area (Å²) in [6.07, 6.45) is 3.26. The molecule has 0 spiro atoms. The largest absolute Gasteiger partial charge is 0.384 e. The van der Waals surface area contributed by atoms with Crippen molar-refractivity contribution in [2.75, 3.05) is 5.73 Å². The van der Waals surface area contributed by atoms with Gasteiger partial charge in [-0.2, -0.15) is 0 Å². The maximum atomic E-state index is 12.0. The van der Waals surface area contributed by atoms with Crippen molar-refractivity contribution >= 4 is 34.8 Å². The summed E-state index contributed by atoms with van der Waals surface area (Å²) in [5, 5.41) is 0.501. The number of pyridine rings is 2. The molecule has 3 aromatic rings. The van der Waals surface area contributed by atoms with E-state index in [-0.39, 0.29) is 5.56 Å². The molecule has 5 nitrogen and oxygen atoms in total. The van der Waals surface area contributed by atoms with E-state index in [1.807, 2.05) is 6.07 Å². The van der Waals surface area contributed by atoms with Crippen molar-refractivity contribution in [3.63, 3.8) is 0 Å². The first-order valence-corrected chi connectivity index (χ1v) is 7.50. The fraction of sp³-hybridized carbons (Fsp3) is 0.0714. The van der Waals surface area contributed by atoms with Crippen molar-refractivity contribution < 1.29 is 0 Å². The molecule has 0 amide bonds. The molecule has 0 fully saturated rings. The van der Waals surface area contributed by atoms with E-state index in [1.54, 1.807) is 42.4 Å². The number of hydrogen-bond acceptors (Lipinski definition) is 5. The van der Waals surface area contributed by atoms with Gasteiger partial charge in [0.1, 0.15) is 11.5 Å². The van der Waals surface area contributed by atoms with Crippen molar-refractivity contribution in [1.82, 2.24) is 14.4 Å². The van der Waals surface area contributed by atoms with Crippen LogP contribution >= 0.6 is 23.4 Å². The number of aromatic nitrogens is 3. The van der Waals surface area contributed by atoms with Gasteiger partial charge < -0.3 is 5.73 Å². The molecule has 106 valence electrons. The zero-order valence-corrected chi connectivity index (χ0v) is 12.4. The minimum atomic E-state index is -0.145. The Morgan fingerprint density at radius 1 is 1.29 bits per heavy atom. The Labute approximate surface area is 129 Å². The van der Waals surface area contributed by atoms with Crippen molar-refractivity contribution in [3.8, 4) is 0 Å². The van der Waals surface area contributed by atoms with Gasteiger partial charge in [-0.1, -0.05) is 11.6 Å². The van der Waals surface area contributed by atoms with Gasteiger partial charge in [-0.25, -0.2) is 9.97 Å².